The molecule has 64 valence electrons. The third kappa shape index (κ3) is 1.47. The molecule has 0 radical (unpaired) electrons. The average Bonchev–Trinajstić information content (AvgIpc) is 2.30. The number of likely N-dealkylation sites (tertiary alicyclic amines) is 1. The molecule has 1 aliphatic heterocycles. The van der Waals surface area contributed by atoms with E-state index in [0.717, 1.165) is 12.8 Å². The van der Waals surface area contributed by atoms with E-state index in [4.69, 9.17) is 0 Å². The Bertz CT molecular complexity index is 148. The molecule has 1 amide bonds. The maximum Gasteiger partial charge on any atom is 0.409 e. The largest absolute Gasteiger partial charge is 0.453 e. The van der Waals surface area contributed by atoms with E-state index in [1.807, 2.05) is 0 Å². The Morgan fingerprint density at radius 1 is 1.36 bits per heavy atom. The lowest BCUT2D eigenvalue weighted by Crippen LogP contribution is -2.38. The van der Waals surface area contributed by atoms with Crippen molar-refractivity contribution in [2.45, 2.75) is 38.8 Å². The number of nitrogens with zero attached hydrogens (tertiary/aromatic N) is 1. The first-order valence-corrected chi connectivity index (χ1v) is 4.03. The van der Waals surface area contributed by atoms with Gasteiger partial charge in [0.1, 0.15) is 0 Å². The summed E-state index contributed by atoms with van der Waals surface area (Å²) >= 11 is 0. The van der Waals surface area contributed by atoms with Gasteiger partial charge < -0.3 is 9.64 Å². The van der Waals surface area contributed by atoms with Crippen LogP contribution < -0.4 is 0 Å². The van der Waals surface area contributed by atoms with Gasteiger partial charge in [0.15, 0.2) is 0 Å². The zero-order chi connectivity index (χ0) is 8.43. The van der Waals surface area contributed by atoms with Gasteiger partial charge in [0.05, 0.1) is 7.11 Å². The summed E-state index contributed by atoms with van der Waals surface area (Å²) in [5.41, 5.74) is 0. The molecule has 1 fully saturated rings. The summed E-state index contributed by atoms with van der Waals surface area (Å²) in [6.07, 6.45) is 1.99. The fraction of sp³-hybridized carbons (Fsp3) is 0.875. The number of methoxy groups -OCH3 is 1. The van der Waals surface area contributed by atoms with Crippen molar-refractivity contribution >= 4 is 6.09 Å². The Hall–Kier alpha value is -0.730. The van der Waals surface area contributed by atoms with Crippen molar-refractivity contribution in [3.63, 3.8) is 0 Å². The van der Waals surface area contributed by atoms with Gasteiger partial charge in [-0.1, -0.05) is 0 Å². The van der Waals surface area contributed by atoms with Crippen LogP contribution >= 0.6 is 0 Å². The van der Waals surface area contributed by atoms with Crippen molar-refractivity contribution < 1.29 is 9.53 Å². The van der Waals surface area contributed by atoms with Crippen LogP contribution in [0.1, 0.15) is 26.7 Å². The summed E-state index contributed by atoms with van der Waals surface area (Å²) < 4.78 is 4.66. The fourth-order valence-electron chi connectivity index (χ4n) is 1.66. The van der Waals surface area contributed by atoms with Crippen LogP contribution in [0.25, 0.3) is 0 Å². The molecule has 1 heterocycles. The summed E-state index contributed by atoms with van der Waals surface area (Å²) in [4.78, 5) is 12.9. The van der Waals surface area contributed by atoms with Gasteiger partial charge in [-0.05, 0) is 26.7 Å². The van der Waals surface area contributed by atoms with Crippen molar-refractivity contribution in [2.24, 2.45) is 0 Å². The van der Waals surface area contributed by atoms with Crippen LogP contribution in [0, 0.1) is 0 Å². The van der Waals surface area contributed by atoms with E-state index < -0.39 is 0 Å². The van der Waals surface area contributed by atoms with Crippen LogP contribution in [-0.4, -0.2) is 30.2 Å². The van der Waals surface area contributed by atoms with Gasteiger partial charge in [-0.3, -0.25) is 0 Å². The summed E-state index contributed by atoms with van der Waals surface area (Å²) in [7, 11) is 1.43. The summed E-state index contributed by atoms with van der Waals surface area (Å²) in [5, 5.41) is 0. The van der Waals surface area contributed by atoms with E-state index in [2.05, 4.69) is 18.6 Å². The van der Waals surface area contributed by atoms with Crippen LogP contribution in [0.3, 0.4) is 0 Å². The van der Waals surface area contributed by atoms with Gasteiger partial charge in [0.25, 0.3) is 0 Å². The smallest absolute Gasteiger partial charge is 0.409 e. The van der Waals surface area contributed by atoms with Gasteiger partial charge in [-0.2, -0.15) is 0 Å². The van der Waals surface area contributed by atoms with Crippen molar-refractivity contribution in [3.05, 3.63) is 0 Å². The van der Waals surface area contributed by atoms with Crippen molar-refractivity contribution in [1.29, 1.82) is 0 Å². The number of carbonyl (C=O) groups excluding carboxylic acids is 1. The maximum absolute atomic E-state index is 11.1. The molecule has 0 aliphatic carbocycles. The van der Waals surface area contributed by atoms with Crippen LogP contribution in [0.4, 0.5) is 4.79 Å². The monoisotopic (exact) mass is 157 g/mol. The normalized spacial score (nSPS) is 30.6. The Labute approximate surface area is 67.3 Å². The molecule has 0 bridgehead atoms. The lowest BCUT2D eigenvalue weighted by molar-refractivity contribution is 0.108. The maximum atomic E-state index is 11.1. The van der Waals surface area contributed by atoms with E-state index in [-0.39, 0.29) is 6.09 Å². The number of amides is 1. The molecule has 1 saturated heterocycles. The molecule has 0 spiro atoms. The van der Waals surface area contributed by atoms with Gasteiger partial charge >= 0.3 is 6.09 Å². The standard InChI is InChI=1S/C8H15NO2/c1-6-4-5-7(2)9(6)8(10)11-3/h6-7H,4-5H2,1-3H3/t6-,7-/m0/s1. The lowest BCUT2D eigenvalue weighted by atomic mass is 10.2. The number of rotatable bonds is 0. The predicted molar refractivity (Wildman–Crippen MR) is 42.4 cm³/mol. The molecule has 11 heavy (non-hydrogen) atoms. The topological polar surface area (TPSA) is 29.5 Å². The van der Waals surface area contributed by atoms with Gasteiger partial charge in [0.2, 0.25) is 0 Å². The summed E-state index contributed by atoms with van der Waals surface area (Å²) in [6, 6.07) is 0.690. The van der Waals surface area contributed by atoms with Crippen LogP contribution in [0.15, 0.2) is 0 Å². The number of ether oxygens (including phenoxy) is 1. The third-order valence-electron chi connectivity index (χ3n) is 2.34. The van der Waals surface area contributed by atoms with Gasteiger partial charge in [0, 0.05) is 12.1 Å². The van der Waals surface area contributed by atoms with Crippen molar-refractivity contribution in [2.75, 3.05) is 7.11 Å². The molecule has 0 saturated carbocycles. The van der Waals surface area contributed by atoms with Gasteiger partial charge in [-0.25, -0.2) is 4.79 Å². The Morgan fingerprint density at radius 2 is 1.82 bits per heavy atom. The first-order valence-electron chi connectivity index (χ1n) is 4.03. The molecular weight excluding hydrogens is 142 g/mol. The lowest BCUT2D eigenvalue weighted by Gasteiger charge is -2.24. The highest BCUT2D eigenvalue weighted by molar-refractivity contribution is 5.68. The first kappa shape index (κ1) is 8.37. The van der Waals surface area contributed by atoms with Crippen molar-refractivity contribution in [1.82, 2.24) is 4.90 Å². The van der Waals surface area contributed by atoms with Crippen molar-refractivity contribution in [3.8, 4) is 0 Å². The van der Waals surface area contributed by atoms with E-state index in [1.54, 1.807) is 4.90 Å². The summed E-state index contributed by atoms with van der Waals surface area (Å²) in [6.45, 7) is 4.11. The predicted octanol–water partition coefficient (Wildman–Crippen LogP) is 1.63. The molecule has 0 aromatic rings. The number of carbonyl (C=O) groups is 1. The molecule has 0 unspecified atom stereocenters. The molecule has 1 aliphatic rings. The zero-order valence-electron chi connectivity index (χ0n) is 7.33. The van der Waals surface area contributed by atoms with E-state index in [9.17, 15) is 4.79 Å². The molecule has 0 aromatic carbocycles. The first-order chi connectivity index (χ1) is 5.16. The highest BCUT2D eigenvalue weighted by Crippen LogP contribution is 2.23. The second-order valence-corrected chi connectivity index (χ2v) is 3.15. The minimum Gasteiger partial charge on any atom is -0.453 e. The molecular formula is C8H15NO2. The fourth-order valence-corrected chi connectivity index (χ4v) is 1.66. The Kier molecular flexibility index (Phi) is 2.37. The van der Waals surface area contributed by atoms with E-state index in [1.165, 1.54) is 7.11 Å². The Balaban J connectivity index is 2.60. The minimum atomic E-state index is -0.192. The molecule has 0 aromatic heterocycles. The molecule has 1 rings (SSSR count). The average molecular weight is 157 g/mol. The van der Waals surface area contributed by atoms with Crippen LogP contribution in [-0.2, 0) is 4.74 Å². The number of hydrogen-bond acceptors (Lipinski definition) is 2. The quantitative estimate of drug-likeness (QED) is 0.534. The second-order valence-electron chi connectivity index (χ2n) is 3.15. The highest BCUT2D eigenvalue weighted by atomic mass is 16.5. The zero-order valence-corrected chi connectivity index (χ0v) is 7.33. The third-order valence-corrected chi connectivity index (χ3v) is 2.34. The van der Waals surface area contributed by atoms with Crippen LogP contribution in [0.2, 0.25) is 0 Å². The minimum absolute atomic E-state index is 0.192. The van der Waals surface area contributed by atoms with Crippen LogP contribution in [0.5, 0.6) is 0 Å². The molecule has 0 N–H and O–H groups in total. The van der Waals surface area contributed by atoms with Gasteiger partial charge in [-0.15, -0.1) is 0 Å². The molecule has 3 nitrogen and oxygen atoms in total. The SMILES string of the molecule is COC(=O)N1[C@@H](C)CC[C@@H]1C. The second kappa shape index (κ2) is 3.11. The number of hydrogen-bond donors (Lipinski definition) is 0. The van der Waals surface area contributed by atoms with E-state index >= 15 is 0 Å². The molecule has 3 heteroatoms. The molecule has 2 atom stereocenters. The highest BCUT2D eigenvalue weighted by Gasteiger charge is 2.31. The van der Waals surface area contributed by atoms with E-state index in [0.29, 0.717) is 12.1 Å². The summed E-state index contributed by atoms with van der Waals surface area (Å²) in [5.74, 6) is 0. The Morgan fingerprint density at radius 3 is 2.18 bits per heavy atom.